The van der Waals surface area contributed by atoms with E-state index in [4.69, 9.17) is 15.1 Å². The molecular weight excluding hydrogens is 279 g/mol. The summed E-state index contributed by atoms with van der Waals surface area (Å²) in [5.74, 6) is -0.548. The summed E-state index contributed by atoms with van der Waals surface area (Å²) in [6.45, 7) is -0.475. The highest BCUT2D eigenvalue weighted by Gasteiger charge is 2.18. The van der Waals surface area contributed by atoms with Crippen LogP contribution in [0.3, 0.4) is 0 Å². The highest BCUT2D eigenvalue weighted by molar-refractivity contribution is 5.53. The van der Waals surface area contributed by atoms with Crippen molar-refractivity contribution in [3.8, 4) is 17.6 Å². The standard InChI is InChI=1S/C14H9FN2O4/c15-11-2-4-13(10(6-11)8-18)21-14-3-1-9(7-16)5-12(14)17(19)20/h1-6,18H,8H2. The molecule has 0 bridgehead atoms. The maximum atomic E-state index is 13.1. The van der Waals surface area contributed by atoms with Gasteiger partial charge in [0, 0.05) is 11.6 Å². The number of hydrogen-bond donors (Lipinski definition) is 1. The van der Waals surface area contributed by atoms with Crippen LogP contribution >= 0.6 is 0 Å². The van der Waals surface area contributed by atoms with Gasteiger partial charge in [-0.3, -0.25) is 10.1 Å². The van der Waals surface area contributed by atoms with Crippen molar-refractivity contribution in [1.82, 2.24) is 0 Å². The lowest BCUT2D eigenvalue weighted by molar-refractivity contribution is -0.385. The number of nitrogens with zero attached hydrogens (tertiary/aromatic N) is 2. The number of halogens is 1. The molecule has 0 aliphatic heterocycles. The second-order valence-electron chi connectivity index (χ2n) is 4.06. The van der Waals surface area contributed by atoms with Gasteiger partial charge in [-0.1, -0.05) is 0 Å². The van der Waals surface area contributed by atoms with Crippen LogP contribution in [0.1, 0.15) is 11.1 Å². The van der Waals surface area contributed by atoms with E-state index in [1.165, 1.54) is 18.2 Å². The Labute approximate surface area is 118 Å². The van der Waals surface area contributed by atoms with Crippen LogP contribution in [0, 0.1) is 27.3 Å². The molecule has 1 N–H and O–H groups in total. The summed E-state index contributed by atoms with van der Waals surface area (Å²) < 4.78 is 18.4. The second kappa shape index (κ2) is 5.98. The maximum Gasteiger partial charge on any atom is 0.312 e. The minimum atomic E-state index is -0.682. The zero-order valence-electron chi connectivity index (χ0n) is 10.6. The average Bonchev–Trinajstić information content (AvgIpc) is 2.49. The fourth-order valence-electron chi connectivity index (χ4n) is 1.71. The van der Waals surface area contributed by atoms with Crippen LogP contribution in [0.5, 0.6) is 11.5 Å². The van der Waals surface area contributed by atoms with Gasteiger partial charge in [-0.2, -0.15) is 5.26 Å². The van der Waals surface area contributed by atoms with Crippen LogP contribution in [0.2, 0.25) is 0 Å². The van der Waals surface area contributed by atoms with Gasteiger partial charge in [0.05, 0.1) is 23.2 Å². The third kappa shape index (κ3) is 3.13. The Morgan fingerprint density at radius 1 is 1.29 bits per heavy atom. The lowest BCUT2D eigenvalue weighted by atomic mass is 10.2. The van der Waals surface area contributed by atoms with Gasteiger partial charge < -0.3 is 9.84 Å². The molecule has 0 aliphatic rings. The van der Waals surface area contributed by atoms with Crippen molar-refractivity contribution in [1.29, 1.82) is 5.26 Å². The Hall–Kier alpha value is -2.98. The Kier molecular flexibility index (Phi) is 4.11. The Morgan fingerprint density at radius 3 is 2.62 bits per heavy atom. The predicted molar refractivity (Wildman–Crippen MR) is 70.2 cm³/mol. The van der Waals surface area contributed by atoms with Crippen molar-refractivity contribution in [3.05, 3.63) is 63.5 Å². The van der Waals surface area contributed by atoms with E-state index in [9.17, 15) is 14.5 Å². The molecule has 0 unspecified atom stereocenters. The number of benzene rings is 2. The highest BCUT2D eigenvalue weighted by Crippen LogP contribution is 2.33. The fraction of sp³-hybridized carbons (Fsp3) is 0.0714. The summed E-state index contributed by atoms with van der Waals surface area (Å²) >= 11 is 0. The van der Waals surface area contributed by atoms with Gasteiger partial charge in [0.1, 0.15) is 11.6 Å². The van der Waals surface area contributed by atoms with Crippen molar-refractivity contribution in [3.63, 3.8) is 0 Å². The Bertz CT molecular complexity index is 740. The van der Waals surface area contributed by atoms with E-state index in [0.717, 1.165) is 18.2 Å². The monoisotopic (exact) mass is 288 g/mol. The number of aliphatic hydroxyl groups is 1. The Morgan fingerprint density at radius 2 is 2.00 bits per heavy atom. The van der Waals surface area contributed by atoms with Crippen molar-refractivity contribution >= 4 is 5.69 Å². The van der Waals surface area contributed by atoms with Crippen LogP contribution in [-0.2, 0) is 6.61 Å². The van der Waals surface area contributed by atoms with Crippen LogP contribution in [0.4, 0.5) is 10.1 Å². The average molecular weight is 288 g/mol. The first-order valence-electron chi connectivity index (χ1n) is 5.81. The van der Waals surface area contributed by atoms with Crippen LogP contribution in [0.15, 0.2) is 36.4 Å². The molecule has 0 fully saturated rings. The molecule has 0 aliphatic carbocycles. The molecule has 0 heterocycles. The first-order valence-corrected chi connectivity index (χ1v) is 5.81. The molecule has 0 amide bonds. The normalized spacial score (nSPS) is 9.95. The third-order valence-corrected chi connectivity index (χ3v) is 2.70. The van der Waals surface area contributed by atoms with E-state index in [2.05, 4.69) is 0 Å². The molecule has 2 aromatic carbocycles. The predicted octanol–water partition coefficient (Wildman–Crippen LogP) is 2.89. The van der Waals surface area contributed by atoms with Crippen molar-refractivity contribution in [2.45, 2.75) is 6.61 Å². The van der Waals surface area contributed by atoms with Crippen LogP contribution in [-0.4, -0.2) is 10.0 Å². The first kappa shape index (κ1) is 14.4. The lowest BCUT2D eigenvalue weighted by Gasteiger charge is -2.10. The summed E-state index contributed by atoms with van der Waals surface area (Å²) in [4.78, 5) is 10.3. The van der Waals surface area contributed by atoms with Crippen LogP contribution < -0.4 is 4.74 Å². The molecule has 21 heavy (non-hydrogen) atoms. The molecule has 0 saturated carbocycles. The summed E-state index contributed by atoms with van der Waals surface area (Å²) in [7, 11) is 0. The van der Waals surface area contributed by atoms with Gasteiger partial charge in [-0.25, -0.2) is 4.39 Å². The Balaban J connectivity index is 2.45. The van der Waals surface area contributed by atoms with E-state index >= 15 is 0 Å². The minimum Gasteiger partial charge on any atom is -0.450 e. The number of aliphatic hydroxyl groups excluding tert-OH is 1. The van der Waals surface area contributed by atoms with Crippen molar-refractivity contribution in [2.75, 3.05) is 0 Å². The fourth-order valence-corrected chi connectivity index (χ4v) is 1.71. The smallest absolute Gasteiger partial charge is 0.312 e. The quantitative estimate of drug-likeness (QED) is 0.689. The molecule has 106 valence electrons. The third-order valence-electron chi connectivity index (χ3n) is 2.70. The topological polar surface area (TPSA) is 96.4 Å². The molecule has 2 aromatic rings. The van der Waals surface area contributed by atoms with Crippen molar-refractivity contribution in [2.24, 2.45) is 0 Å². The molecule has 0 atom stereocenters. The van der Waals surface area contributed by atoms with Gasteiger partial charge in [-0.05, 0) is 30.3 Å². The number of nitriles is 1. The number of nitro benzene ring substituents is 1. The molecular formula is C14H9FN2O4. The van der Waals surface area contributed by atoms with E-state index in [1.807, 2.05) is 0 Å². The molecule has 2 rings (SSSR count). The minimum absolute atomic E-state index is 0.0969. The second-order valence-corrected chi connectivity index (χ2v) is 4.06. The van der Waals surface area contributed by atoms with E-state index in [1.54, 1.807) is 6.07 Å². The SMILES string of the molecule is N#Cc1ccc(Oc2ccc(F)cc2CO)c([N+](=O)[O-])c1. The van der Waals surface area contributed by atoms with Gasteiger partial charge in [0.25, 0.3) is 0 Å². The van der Waals surface area contributed by atoms with Gasteiger partial charge in [-0.15, -0.1) is 0 Å². The number of ether oxygens (including phenoxy) is 1. The lowest BCUT2D eigenvalue weighted by Crippen LogP contribution is -1.97. The van der Waals surface area contributed by atoms with E-state index in [-0.39, 0.29) is 28.3 Å². The largest absolute Gasteiger partial charge is 0.450 e. The summed E-state index contributed by atoms with van der Waals surface area (Å²) in [6, 6.07) is 8.98. The molecule has 0 aromatic heterocycles. The summed E-state index contributed by atoms with van der Waals surface area (Å²) in [6.07, 6.45) is 0. The first-order chi connectivity index (χ1) is 10.0. The summed E-state index contributed by atoms with van der Waals surface area (Å²) in [5.41, 5.74) is -0.105. The zero-order chi connectivity index (χ0) is 15.4. The van der Waals surface area contributed by atoms with Gasteiger partial charge >= 0.3 is 5.69 Å². The molecule has 7 heteroatoms. The number of rotatable bonds is 4. The molecule has 0 saturated heterocycles. The van der Waals surface area contributed by atoms with E-state index < -0.39 is 17.3 Å². The van der Waals surface area contributed by atoms with Gasteiger partial charge in [0.2, 0.25) is 5.75 Å². The number of nitro groups is 1. The number of hydrogen-bond acceptors (Lipinski definition) is 5. The zero-order valence-corrected chi connectivity index (χ0v) is 10.6. The van der Waals surface area contributed by atoms with Crippen molar-refractivity contribution < 1.29 is 19.2 Å². The molecule has 0 spiro atoms. The van der Waals surface area contributed by atoms with Gasteiger partial charge in [0.15, 0.2) is 0 Å². The maximum absolute atomic E-state index is 13.1. The summed E-state index contributed by atoms with van der Waals surface area (Å²) in [5, 5.41) is 28.9. The molecule has 6 nitrogen and oxygen atoms in total. The molecule has 0 radical (unpaired) electrons. The van der Waals surface area contributed by atoms with E-state index in [0.29, 0.717) is 0 Å². The highest BCUT2D eigenvalue weighted by atomic mass is 19.1. The van der Waals surface area contributed by atoms with Crippen LogP contribution in [0.25, 0.3) is 0 Å².